The lowest BCUT2D eigenvalue weighted by atomic mass is 10.2. The summed E-state index contributed by atoms with van der Waals surface area (Å²) in [4.78, 5) is 11.5. The highest BCUT2D eigenvalue weighted by Crippen LogP contribution is 2.18. The first-order chi connectivity index (χ1) is 7.65. The van der Waals surface area contributed by atoms with Crippen LogP contribution >= 0.6 is 0 Å². The van der Waals surface area contributed by atoms with Crippen LogP contribution in [0, 0.1) is 12.7 Å². The summed E-state index contributed by atoms with van der Waals surface area (Å²) >= 11 is 0. The van der Waals surface area contributed by atoms with Crippen LogP contribution in [0.3, 0.4) is 0 Å². The first kappa shape index (κ1) is 11.1. The molecule has 16 heavy (non-hydrogen) atoms. The highest BCUT2D eigenvalue weighted by Gasteiger charge is 2.21. The SMILES string of the molecule is Cc1cc(F)ccc1NC(=O)CNC1CC1. The van der Waals surface area contributed by atoms with Crippen molar-refractivity contribution in [1.82, 2.24) is 5.32 Å². The summed E-state index contributed by atoms with van der Waals surface area (Å²) in [6.45, 7) is 2.09. The molecule has 1 fully saturated rings. The van der Waals surface area contributed by atoms with E-state index in [9.17, 15) is 9.18 Å². The van der Waals surface area contributed by atoms with Crippen molar-refractivity contribution >= 4 is 11.6 Å². The Balaban J connectivity index is 1.89. The molecule has 2 N–H and O–H groups in total. The Morgan fingerprint density at radius 1 is 1.50 bits per heavy atom. The molecule has 0 bridgehead atoms. The molecule has 86 valence electrons. The zero-order chi connectivity index (χ0) is 11.5. The van der Waals surface area contributed by atoms with Crippen molar-refractivity contribution in [3.05, 3.63) is 29.6 Å². The van der Waals surface area contributed by atoms with Crippen LogP contribution in [0.2, 0.25) is 0 Å². The molecule has 1 aliphatic carbocycles. The quantitative estimate of drug-likeness (QED) is 0.816. The summed E-state index contributed by atoms with van der Waals surface area (Å²) in [6, 6.07) is 4.85. The van der Waals surface area contributed by atoms with E-state index in [1.54, 1.807) is 13.0 Å². The Morgan fingerprint density at radius 3 is 2.88 bits per heavy atom. The Kier molecular flexibility index (Phi) is 3.19. The fraction of sp³-hybridized carbons (Fsp3) is 0.417. The molecule has 3 nitrogen and oxygen atoms in total. The highest BCUT2D eigenvalue weighted by molar-refractivity contribution is 5.92. The fourth-order valence-corrected chi connectivity index (χ4v) is 1.49. The average Bonchev–Trinajstić information content (AvgIpc) is 3.03. The largest absolute Gasteiger partial charge is 0.325 e. The number of amides is 1. The molecule has 0 radical (unpaired) electrons. The van der Waals surface area contributed by atoms with E-state index < -0.39 is 0 Å². The van der Waals surface area contributed by atoms with E-state index in [1.165, 1.54) is 12.1 Å². The third-order valence-electron chi connectivity index (χ3n) is 2.59. The second-order valence-corrected chi connectivity index (χ2v) is 4.16. The number of benzene rings is 1. The Morgan fingerprint density at radius 2 is 2.25 bits per heavy atom. The summed E-state index contributed by atoms with van der Waals surface area (Å²) in [7, 11) is 0. The minimum atomic E-state index is -0.286. The second-order valence-electron chi connectivity index (χ2n) is 4.16. The number of aryl methyl sites for hydroxylation is 1. The lowest BCUT2D eigenvalue weighted by molar-refractivity contribution is -0.115. The molecule has 1 aliphatic rings. The average molecular weight is 222 g/mol. The number of hydrogen-bond donors (Lipinski definition) is 2. The number of carbonyl (C=O) groups excluding carboxylic acids is 1. The van der Waals surface area contributed by atoms with Crippen LogP contribution in [-0.2, 0) is 4.79 Å². The van der Waals surface area contributed by atoms with Crippen LogP contribution in [0.4, 0.5) is 10.1 Å². The number of carbonyl (C=O) groups is 1. The summed E-state index contributed by atoms with van der Waals surface area (Å²) in [5.74, 6) is -0.367. The highest BCUT2D eigenvalue weighted by atomic mass is 19.1. The zero-order valence-corrected chi connectivity index (χ0v) is 9.22. The molecule has 0 aliphatic heterocycles. The Labute approximate surface area is 94.0 Å². The van der Waals surface area contributed by atoms with Crippen LogP contribution in [0.15, 0.2) is 18.2 Å². The van der Waals surface area contributed by atoms with Crippen LogP contribution < -0.4 is 10.6 Å². The monoisotopic (exact) mass is 222 g/mol. The van der Waals surface area contributed by atoms with Crippen LogP contribution in [0.25, 0.3) is 0 Å². The Hall–Kier alpha value is -1.42. The second kappa shape index (κ2) is 4.61. The van der Waals surface area contributed by atoms with Gasteiger partial charge >= 0.3 is 0 Å². The van der Waals surface area contributed by atoms with Gasteiger partial charge in [0.15, 0.2) is 0 Å². The summed E-state index contributed by atoms with van der Waals surface area (Å²) in [6.07, 6.45) is 2.31. The van der Waals surface area contributed by atoms with Gasteiger partial charge in [-0.25, -0.2) is 4.39 Å². The molecule has 1 aromatic carbocycles. The van der Waals surface area contributed by atoms with E-state index in [4.69, 9.17) is 0 Å². The first-order valence-electron chi connectivity index (χ1n) is 5.44. The number of rotatable bonds is 4. The molecule has 0 saturated heterocycles. The minimum absolute atomic E-state index is 0.0818. The molecule has 0 unspecified atom stereocenters. The molecule has 0 heterocycles. The van der Waals surface area contributed by atoms with E-state index in [1.807, 2.05) is 0 Å². The van der Waals surface area contributed by atoms with Crippen molar-refractivity contribution in [3.63, 3.8) is 0 Å². The van der Waals surface area contributed by atoms with Gasteiger partial charge in [-0.2, -0.15) is 0 Å². The van der Waals surface area contributed by atoms with Crippen molar-refractivity contribution in [1.29, 1.82) is 0 Å². The number of hydrogen-bond acceptors (Lipinski definition) is 2. The lowest BCUT2D eigenvalue weighted by Gasteiger charge is -2.08. The normalized spacial score (nSPS) is 14.9. The fourth-order valence-electron chi connectivity index (χ4n) is 1.49. The van der Waals surface area contributed by atoms with Crippen LogP contribution in [0.5, 0.6) is 0 Å². The van der Waals surface area contributed by atoms with Crippen molar-refractivity contribution in [2.24, 2.45) is 0 Å². The topological polar surface area (TPSA) is 41.1 Å². The van der Waals surface area contributed by atoms with Crippen molar-refractivity contribution in [2.75, 3.05) is 11.9 Å². The predicted molar refractivity (Wildman–Crippen MR) is 60.8 cm³/mol. The van der Waals surface area contributed by atoms with Gasteiger partial charge in [0.2, 0.25) is 5.91 Å². The maximum absolute atomic E-state index is 12.8. The van der Waals surface area contributed by atoms with Crippen molar-refractivity contribution in [2.45, 2.75) is 25.8 Å². The van der Waals surface area contributed by atoms with Gasteiger partial charge in [0, 0.05) is 11.7 Å². The summed E-state index contributed by atoms with van der Waals surface area (Å²) in [5, 5.41) is 5.87. The maximum Gasteiger partial charge on any atom is 0.238 e. The standard InChI is InChI=1S/C12H15FN2O/c1-8-6-9(13)2-5-11(8)15-12(16)7-14-10-3-4-10/h2,5-6,10,14H,3-4,7H2,1H3,(H,15,16). The van der Waals surface area contributed by atoms with Crippen molar-refractivity contribution < 1.29 is 9.18 Å². The molecule has 0 aromatic heterocycles. The van der Waals surface area contributed by atoms with Gasteiger partial charge in [0.1, 0.15) is 5.82 Å². The van der Waals surface area contributed by atoms with Gasteiger partial charge in [-0.3, -0.25) is 4.79 Å². The summed E-state index contributed by atoms with van der Waals surface area (Å²) < 4.78 is 12.8. The number of anilines is 1. The van der Waals surface area contributed by atoms with Crippen LogP contribution in [0.1, 0.15) is 18.4 Å². The smallest absolute Gasteiger partial charge is 0.238 e. The van der Waals surface area contributed by atoms with Gasteiger partial charge < -0.3 is 10.6 Å². The predicted octanol–water partition coefficient (Wildman–Crippen LogP) is 1.82. The first-order valence-corrected chi connectivity index (χ1v) is 5.44. The zero-order valence-electron chi connectivity index (χ0n) is 9.22. The van der Waals surface area contributed by atoms with Gasteiger partial charge in [-0.1, -0.05) is 0 Å². The number of halogens is 1. The van der Waals surface area contributed by atoms with Gasteiger partial charge in [-0.15, -0.1) is 0 Å². The van der Waals surface area contributed by atoms with E-state index in [2.05, 4.69) is 10.6 Å². The third-order valence-corrected chi connectivity index (χ3v) is 2.59. The molecule has 0 atom stereocenters. The van der Waals surface area contributed by atoms with E-state index in [0.717, 1.165) is 18.4 Å². The molecule has 1 aromatic rings. The minimum Gasteiger partial charge on any atom is -0.325 e. The van der Waals surface area contributed by atoms with Crippen molar-refractivity contribution in [3.8, 4) is 0 Å². The third kappa shape index (κ3) is 3.03. The summed E-state index contributed by atoms with van der Waals surface area (Å²) in [5.41, 5.74) is 1.41. The van der Waals surface area contributed by atoms with Gasteiger partial charge in [0.25, 0.3) is 0 Å². The lowest BCUT2D eigenvalue weighted by Crippen LogP contribution is -2.29. The molecular formula is C12H15FN2O. The van der Waals surface area contributed by atoms with E-state index in [-0.39, 0.29) is 11.7 Å². The molecule has 2 rings (SSSR count). The van der Waals surface area contributed by atoms with E-state index >= 15 is 0 Å². The maximum atomic E-state index is 12.8. The van der Waals surface area contributed by atoms with Gasteiger partial charge in [0.05, 0.1) is 6.54 Å². The van der Waals surface area contributed by atoms with Gasteiger partial charge in [-0.05, 0) is 43.5 Å². The van der Waals surface area contributed by atoms with Crippen LogP contribution in [-0.4, -0.2) is 18.5 Å². The Bertz CT molecular complexity index is 402. The van der Waals surface area contributed by atoms with E-state index in [0.29, 0.717) is 18.3 Å². The molecule has 1 amide bonds. The molecule has 4 heteroatoms. The number of nitrogens with one attached hydrogen (secondary N) is 2. The molecule has 0 spiro atoms. The molecular weight excluding hydrogens is 207 g/mol. The molecule has 1 saturated carbocycles.